The molecule has 0 aromatic heterocycles. The molecule has 0 aromatic rings. The molecule has 72 valence electrons. The van der Waals surface area contributed by atoms with Crippen LogP contribution in [0.4, 0.5) is 0 Å². The Labute approximate surface area is 76.5 Å². The molecule has 1 N–H and O–H groups in total. The Kier molecular flexibility index (Phi) is 7.17. The summed E-state index contributed by atoms with van der Waals surface area (Å²) in [5.74, 6) is 0.911. The Morgan fingerprint density at radius 2 is 1.75 bits per heavy atom. The maximum atomic E-state index is 9.12. The molecule has 1 rings (SSSR count). The van der Waals surface area contributed by atoms with Gasteiger partial charge in [-0.2, -0.15) is 0 Å². The predicted molar refractivity (Wildman–Crippen MR) is 54.1 cm³/mol. The van der Waals surface area contributed by atoms with E-state index in [1.54, 1.807) is 6.08 Å². The second kappa shape index (κ2) is 7.35. The predicted octanol–water partition coefficient (Wildman–Crippen LogP) is 3.14. The highest BCUT2D eigenvalue weighted by Crippen LogP contribution is 2.25. The Balaban J connectivity index is 0.000000354. The van der Waals surface area contributed by atoms with E-state index in [1.807, 2.05) is 6.92 Å². The van der Waals surface area contributed by atoms with E-state index in [1.165, 1.54) is 19.3 Å². The molecule has 1 aliphatic carbocycles. The van der Waals surface area contributed by atoms with Gasteiger partial charge in [0.25, 0.3) is 0 Å². The van der Waals surface area contributed by atoms with Crippen molar-refractivity contribution < 1.29 is 5.11 Å². The fourth-order valence-corrected chi connectivity index (χ4v) is 1.55. The third-order valence-electron chi connectivity index (χ3n) is 2.39. The van der Waals surface area contributed by atoms with Crippen molar-refractivity contribution in [2.45, 2.75) is 52.1 Å². The maximum absolute atomic E-state index is 9.12. The Hall–Kier alpha value is -0.300. The van der Waals surface area contributed by atoms with Crippen molar-refractivity contribution in [2.24, 2.45) is 5.92 Å². The second-order valence-corrected chi connectivity index (χ2v) is 3.49. The van der Waals surface area contributed by atoms with Gasteiger partial charge in [0, 0.05) is 0 Å². The van der Waals surface area contributed by atoms with Crippen LogP contribution in [0.5, 0.6) is 0 Å². The van der Waals surface area contributed by atoms with Crippen molar-refractivity contribution in [3.8, 4) is 0 Å². The van der Waals surface area contributed by atoms with Crippen molar-refractivity contribution >= 4 is 0 Å². The van der Waals surface area contributed by atoms with E-state index < -0.39 is 0 Å². The molecule has 0 heterocycles. The highest BCUT2D eigenvalue weighted by Gasteiger charge is 2.16. The van der Waals surface area contributed by atoms with E-state index >= 15 is 0 Å². The van der Waals surface area contributed by atoms with Crippen LogP contribution in [-0.4, -0.2) is 11.2 Å². The zero-order chi connectivity index (χ0) is 9.40. The molecule has 0 aliphatic heterocycles. The van der Waals surface area contributed by atoms with Crippen LogP contribution >= 0.6 is 0 Å². The minimum Gasteiger partial charge on any atom is -0.393 e. The van der Waals surface area contributed by atoms with Crippen LogP contribution in [0.25, 0.3) is 0 Å². The normalized spacial score (nSPS) is 28.6. The smallest absolute Gasteiger partial charge is 0.0540 e. The Morgan fingerprint density at radius 3 is 2.08 bits per heavy atom. The lowest BCUT2D eigenvalue weighted by Gasteiger charge is -2.23. The molecule has 1 aliphatic rings. The van der Waals surface area contributed by atoms with E-state index in [-0.39, 0.29) is 6.10 Å². The minimum atomic E-state index is 0.0211. The molecule has 0 amide bonds. The fourth-order valence-electron chi connectivity index (χ4n) is 1.55. The topological polar surface area (TPSA) is 20.2 Å². The highest BCUT2D eigenvalue weighted by atomic mass is 16.3. The van der Waals surface area contributed by atoms with E-state index in [2.05, 4.69) is 13.5 Å². The van der Waals surface area contributed by atoms with Crippen molar-refractivity contribution in [3.05, 3.63) is 12.7 Å². The van der Waals surface area contributed by atoms with Crippen molar-refractivity contribution in [3.63, 3.8) is 0 Å². The first-order valence-corrected chi connectivity index (χ1v) is 4.99. The maximum Gasteiger partial charge on any atom is 0.0540 e. The summed E-state index contributed by atoms with van der Waals surface area (Å²) >= 11 is 0. The third kappa shape index (κ3) is 5.36. The summed E-state index contributed by atoms with van der Waals surface area (Å²) in [6, 6.07) is 0. The summed E-state index contributed by atoms with van der Waals surface area (Å²) < 4.78 is 0. The standard InChI is InChI=1S/C8H16O.C3H6/c1-2-7-3-5-8(9)6-4-7;1-3-2/h7-9H,2-6H2,1H3;3H,1H2,2H3. The first-order valence-electron chi connectivity index (χ1n) is 4.99. The highest BCUT2D eigenvalue weighted by molar-refractivity contribution is 4.69. The van der Waals surface area contributed by atoms with Gasteiger partial charge in [-0.15, -0.1) is 6.58 Å². The lowest BCUT2D eigenvalue weighted by molar-refractivity contribution is 0.108. The van der Waals surface area contributed by atoms with Gasteiger partial charge in [-0.25, -0.2) is 0 Å². The quantitative estimate of drug-likeness (QED) is 0.599. The lowest BCUT2D eigenvalue weighted by Crippen LogP contribution is -2.17. The molecule has 0 atom stereocenters. The van der Waals surface area contributed by atoms with E-state index in [9.17, 15) is 0 Å². The third-order valence-corrected chi connectivity index (χ3v) is 2.39. The van der Waals surface area contributed by atoms with Crippen molar-refractivity contribution in [2.75, 3.05) is 0 Å². The first kappa shape index (κ1) is 11.7. The molecule has 0 saturated heterocycles. The van der Waals surface area contributed by atoms with Gasteiger partial charge in [-0.3, -0.25) is 0 Å². The molecule has 0 radical (unpaired) electrons. The molecule has 0 spiro atoms. The molecular weight excluding hydrogens is 148 g/mol. The van der Waals surface area contributed by atoms with Gasteiger partial charge in [0.05, 0.1) is 6.10 Å². The Bertz CT molecular complexity index is 102. The summed E-state index contributed by atoms with van der Waals surface area (Å²) in [6.45, 7) is 7.49. The minimum absolute atomic E-state index is 0.0211. The largest absolute Gasteiger partial charge is 0.393 e. The number of hydrogen-bond donors (Lipinski definition) is 1. The average molecular weight is 170 g/mol. The molecule has 0 unspecified atom stereocenters. The lowest BCUT2D eigenvalue weighted by atomic mass is 9.86. The van der Waals surface area contributed by atoms with E-state index in [0.717, 1.165) is 18.8 Å². The number of hydrogen-bond acceptors (Lipinski definition) is 1. The molecule has 1 nitrogen and oxygen atoms in total. The first-order chi connectivity index (χ1) is 5.74. The van der Waals surface area contributed by atoms with Crippen LogP contribution in [0.2, 0.25) is 0 Å². The number of aliphatic hydroxyl groups excluding tert-OH is 1. The molecule has 1 heteroatoms. The van der Waals surface area contributed by atoms with Crippen LogP contribution in [0.15, 0.2) is 12.7 Å². The van der Waals surface area contributed by atoms with Gasteiger partial charge in [-0.1, -0.05) is 19.4 Å². The Morgan fingerprint density at radius 1 is 1.33 bits per heavy atom. The van der Waals surface area contributed by atoms with Gasteiger partial charge < -0.3 is 5.11 Å². The molecule has 1 saturated carbocycles. The number of rotatable bonds is 1. The zero-order valence-corrected chi connectivity index (χ0v) is 8.42. The second-order valence-electron chi connectivity index (χ2n) is 3.49. The van der Waals surface area contributed by atoms with Crippen LogP contribution in [0.3, 0.4) is 0 Å². The summed E-state index contributed by atoms with van der Waals surface area (Å²) in [5.41, 5.74) is 0. The van der Waals surface area contributed by atoms with Crippen molar-refractivity contribution in [1.29, 1.82) is 0 Å². The van der Waals surface area contributed by atoms with Crippen LogP contribution < -0.4 is 0 Å². The SMILES string of the molecule is C=CC.CCC1CCC(O)CC1. The fraction of sp³-hybridized carbons (Fsp3) is 0.818. The van der Waals surface area contributed by atoms with Gasteiger partial charge >= 0.3 is 0 Å². The van der Waals surface area contributed by atoms with Gasteiger partial charge in [0.2, 0.25) is 0 Å². The number of aliphatic hydroxyl groups is 1. The van der Waals surface area contributed by atoms with Gasteiger partial charge in [0.15, 0.2) is 0 Å². The van der Waals surface area contributed by atoms with Crippen LogP contribution in [-0.2, 0) is 0 Å². The van der Waals surface area contributed by atoms with Gasteiger partial charge in [0.1, 0.15) is 0 Å². The monoisotopic (exact) mass is 170 g/mol. The molecular formula is C11H22O. The summed E-state index contributed by atoms with van der Waals surface area (Å²) in [4.78, 5) is 0. The van der Waals surface area contributed by atoms with Crippen LogP contribution in [0.1, 0.15) is 46.0 Å². The van der Waals surface area contributed by atoms with Crippen LogP contribution in [0, 0.1) is 5.92 Å². The summed E-state index contributed by atoms with van der Waals surface area (Å²) in [7, 11) is 0. The molecule has 0 bridgehead atoms. The van der Waals surface area contributed by atoms with Gasteiger partial charge in [-0.05, 0) is 38.5 Å². The van der Waals surface area contributed by atoms with Crippen molar-refractivity contribution in [1.82, 2.24) is 0 Å². The molecule has 12 heavy (non-hydrogen) atoms. The molecule has 0 aromatic carbocycles. The van der Waals surface area contributed by atoms with E-state index in [4.69, 9.17) is 5.11 Å². The van der Waals surface area contributed by atoms with E-state index in [0.29, 0.717) is 0 Å². The number of allylic oxidation sites excluding steroid dienone is 1. The zero-order valence-electron chi connectivity index (χ0n) is 8.42. The average Bonchev–Trinajstić information content (AvgIpc) is 2.07. The summed E-state index contributed by atoms with van der Waals surface area (Å²) in [5, 5.41) is 9.12. The summed E-state index contributed by atoms with van der Waals surface area (Å²) in [6.07, 6.45) is 7.65. The molecule has 1 fully saturated rings.